The molecule has 0 saturated heterocycles. The number of hydrogen-bond acceptors (Lipinski definition) is 5. The Labute approximate surface area is 148 Å². The van der Waals surface area contributed by atoms with Gasteiger partial charge in [0, 0.05) is 10.7 Å². The molecule has 1 aromatic heterocycles. The molecule has 0 atom stereocenters. The second-order valence-electron chi connectivity index (χ2n) is 4.70. The van der Waals surface area contributed by atoms with Crippen molar-refractivity contribution >= 4 is 34.1 Å². The van der Waals surface area contributed by atoms with E-state index in [4.69, 9.17) is 13.9 Å². The number of halogens is 1. The molecule has 0 saturated carbocycles. The van der Waals surface area contributed by atoms with Crippen LogP contribution in [0.4, 0.5) is 0 Å². The Balaban J connectivity index is 1.77. The molecule has 0 spiro atoms. The van der Waals surface area contributed by atoms with Gasteiger partial charge in [0.15, 0.2) is 18.1 Å². The van der Waals surface area contributed by atoms with E-state index in [1.165, 1.54) is 13.3 Å². The van der Waals surface area contributed by atoms with Crippen LogP contribution in [-0.4, -0.2) is 25.8 Å². The van der Waals surface area contributed by atoms with Gasteiger partial charge in [0.05, 0.1) is 7.11 Å². The Kier molecular flexibility index (Phi) is 6.62. The maximum atomic E-state index is 11.7. The molecular formula is C17H17BrN2O4. The third-order valence-electron chi connectivity index (χ3n) is 2.86. The molecule has 126 valence electrons. The largest absolute Gasteiger partial charge is 0.493 e. The van der Waals surface area contributed by atoms with E-state index >= 15 is 0 Å². The first-order valence-electron chi connectivity index (χ1n) is 7.10. The standard InChI is InChI=1S/C17H17BrN2O4/c1-12-5-7-14(24-12)4-3-9-19-20-17(21)11-23-15-8-6-13(18)10-16(15)22-2/h3-10H,11H2,1-2H3,(H,20,21)/b4-3+,19-9+. The summed E-state index contributed by atoms with van der Waals surface area (Å²) in [6, 6.07) is 8.99. The summed E-state index contributed by atoms with van der Waals surface area (Å²) in [5, 5.41) is 3.79. The van der Waals surface area contributed by atoms with Crippen LogP contribution in [-0.2, 0) is 4.79 Å². The van der Waals surface area contributed by atoms with Gasteiger partial charge in [0.2, 0.25) is 0 Å². The van der Waals surface area contributed by atoms with E-state index in [9.17, 15) is 4.79 Å². The van der Waals surface area contributed by atoms with Gasteiger partial charge >= 0.3 is 0 Å². The number of benzene rings is 1. The van der Waals surface area contributed by atoms with Crippen molar-refractivity contribution in [2.75, 3.05) is 13.7 Å². The number of ether oxygens (including phenoxy) is 2. The van der Waals surface area contributed by atoms with E-state index in [0.29, 0.717) is 11.5 Å². The molecule has 1 heterocycles. The molecule has 0 unspecified atom stereocenters. The van der Waals surface area contributed by atoms with Crippen molar-refractivity contribution in [1.29, 1.82) is 0 Å². The van der Waals surface area contributed by atoms with E-state index in [2.05, 4.69) is 26.5 Å². The number of nitrogens with zero attached hydrogens (tertiary/aromatic N) is 1. The van der Waals surface area contributed by atoms with Crippen molar-refractivity contribution in [3.63, 3.8) is 0 Å². The van der Waals surface area contributed by atoms with Gasteiger partial charge in [0.1, 0.15) is 11.5 Å². The van der Waals surface area contributed by atoms with Gasteiger partial charge in [-0.15, -0.1) is 0 Å². The van der Waals surface area contributed by atoms with Crippen molar-refractivity contribution in [3.05, 3.63) is 52.4 Å². The summed E-state index contributed by atoms with van der Waals surface area (Å²) in [4.78, 5) is 11.7. The molecule has 0 aliphatic rings. The van der Waals surface area contributed by atoms with E-state index in [1.807, 2.05) is 19.1 Å². The van der Waals surface area contributed by atoms with Gasteiger partial charge in [-0.3, -0.25) is 4.79 Å². The first kappa shape index (κ1) is 17.8. The van der Waals surface area contributed by atoms with Crippen molar-refractivity contribution in [3.8, 4) is 11.5 Å². The van der Waals surface area contributed by atoms with Crippen molar-refractivity contribution in [2.24, 2.45) is 5.10 Å². The zero-order valence-electron chi connectivity index (χ0n) is 13.3. The van der Waals surface area contributed by atoms with Crippen LogP contribution in [0, 0.1) is 6.92 Å². The van der Waals surface area contributed by atoms with Crippen LogP contribution < -0.4 is 14.9 Å². The molecule has 1 amide bonds. The minimum absolute atomic E-state index is 0.170. The number of amides is 1. The van der Waals surface area contributed by atoms with Crippen LogP contribution in [0.2, 0.25) is 0 Å². The number of allylic oxidation sites excluding steroid dienone is 1. The smallest absolute Gasteiger partial charge is 0.277 e. The first-order valence-corrected chi connectivity index (χ1v) is 7.89. The summed E-state index contributed by atoms with van der Waals surface area (Å²) in [5.74, 6) is 2.19. The van der Waals surface area contributed by atoms with Crippen molar-refractivity contribution in [1.82, 2.24) is 5.43 Å². The Morgan fingerprint density at radius 3 is 2.88 bits per heavy atom. The fourth-order valence-corrected chi connectivity index (χ4v) is 2.11. The quantitative estimate of drug-likeness (QED) is 0.577. The number of methoxy groups -OCH3 is 1. The fraction of sp³-hybridized carbons (Fsp3) is 0.176. The number of carbonyl (C=O) groups excluding carboxylic acids is 1. The minimum atomic E-state index is -0.376. The van der Waals surface area contributed by atoms with Crippen molar-refractivity contribution < 1.29 is 18.7 Å². The van der Waals surface area contributed by atoms with Crippen molar-refractivity contribution in [2.45, 2.75) is 6.92 Å². The van der Waals surface area contributed by atoms with Crippen LogP contribution in [0.3, 0.4) is 0 Å². The topological polar surface area (TPSA) is 73.1 Å². The van der Waals surface area contributed by atoms with Crippen LogP contribution >= 0.6 is 15.9 Å². The number of aryl methyl sites for hydroxylation is 1. The summed E-state index contributed by atoms with van der Waals surface area (Å²) >= 11 is 3.34. The Bertz CT molecular complexity index is 753. The molecular weight excluding hydrogens is 376 g/mol. The van der Waals surface area contributed by atoms with Gasteiger partial charge in [-0.25, -0.2) is 5.43 Å². The van der Waals surface area contributed by atoms with Gasteiger partial charge in [-0.2, -0.15) is 5.10 Å². The molecule has 0 aliphatic heterocycles. The van der Waals surface area contributed by atoms with E-state index in [0.717, 1.165) is 16.0 Å². The lowest BCUT2D eigenvalue weighted by molar-refractivity contribution is -0.123. The highest BCUT2D eigenvalue weighted by molar-refractivity contribution is 9.10. The summed E-state index contributed by atoms with van der Waals surface area (Å²) in [6.07, 6.45) is 4.86. The number of rotatable bonds is 7. The predicted octanol–water partition coefficient (Wildman–Crippen LogP) is 3.55. The Morgan fingerprint density at radius 2 is 2.17 bits per heavy atom. The van der Waals surface area contributed by atoms with Gasteiger partial charge in [0.25, 0.3) is 5.91 Å². The predicted molar refractivity (Wildman–Crippen MR) is 95.3 cm³/mol. The Hall–Kier alpha value is -2.54. The number of nitrogens with one attached hydrogen (secondary N) is 1. The van der Waals surface area contributed by atoms with E-state index in [1.54, 1.807) is 30.4 Å². The summed E-state index contributed by atoms with van der Waals surface area (Å²) in [7, 11) is 1.53. The summed E-state index contributed by atoms with van der Waals surface area (Å²) in [6.45, 7) is 1.70. The molecule has 0 aliphatic carbocycles. The molecule has 7 heteroatoms. The average molecular weight is 393 g/mol. The average Bonchev–Trinajstić information content (AvgIpc) is 2.98. The molecule has 0 fully saturated rings. The Morgan fingerprint density at radius 1 is 1.33 bits per heavy atom. The lowest BCUT2D eigenvalue weighted by Crippen LogP contribution is -2.24. The highest BCUT2D eigenvalue weighted by Gasteiger charge is 2.07. The van der Waals surface area contributed by atoms with E-state index < -0.39 is 0 Å². The normalized spacial score (nSPS) is 11.1. The zero-order chi connectivity index (χ0) is 17.4. The highest BCUT2D eigenvalue weighted by atomic mass is 79.9. The summed E-state index contributed by atoms with van der Waals surface area (Å²) in [5.41, 5.74) is 2.37. The molecule has 1 aromatic carbocycles. The molecule has 24 heavy (non-hydrogen) atoms. The molecule has 0 radical (unpaired) electrons. The second kappa shape index (κ2) is 8.93. The third kappa shape index (κ3) is 5.58. The monoisotopic (exact) mass is 392 g/mol. The van der Waals surface area contributed by atoms with Crippen LogP contribution in [0.15, 0.2) is 50.4 Å². The van der Waals surface area contributed by atoms with Crippen LogP contribution in [0.5, 0.6) is 11.5 Å². The first-order chi connectivity index (χ1) is 11.6. The van der Waals surface area contributed by atoms with Crippen LogP contribution in [0.25, 0.3) is 6.08 Å². The maximum absolute atomic E-state index is 11.7. The number of furan rings is 1. The van der Waals surface area contributed by atoms with Crippen LogP contribution in [0.1, 0.15) is 11.5 Å². The fourth-order valence-electron chi connectivity index (χ4n) is 1.77. The lowest BCUT2D eigenvalue weighted by atomic mass is 10.3. The molecule has 1 N–H and O–H groups in total. The maximum Gasteiger partial charge on any atom is 0.277 e. The number of carbonyl (C=O) groups is 1. The van der Waals surface area contributed by atoms with Gasteiger partial charge in [-0.1, -0.05) is 15.9 Å². The minimum Gasteiger partial charge on any atom is -0.493 e. The van der Waals surface area contributed by atoms with Gasteiger partial charge in [-0.05, 0) is 49.4 Å². The molecule has 2 aromatic rings. The molecule has 2 rings (SSSR count). The summed E-state index contributed by atoms with van der Waals surface area (Å²) < 4.78 is 16.8. The zero-order valence-corrected chi connectivity index (χ0v) is 14.9. The molecule has 6 nitrogen and oxygen atoms in total. The third-order valence-corrected chi connectivity index (χ3v) is 3.35. The lowest BCUT2D eigenvalue weighted by Gasteiger charge is -2.09. The SMILES string of the molecule is COc1cc(Br)ccc1OCC(=O)N/N=C/C=C/c1ccc(C)o1. The second-order valence-corrected chi connectivity index (χ2v) is 5.62. The number of hydrazone groups is 1. The molecule has 0 bridgehead atoms. The van der Waals surface area contributed by atoms with E-state index in [-0.39, 0.29) is 12.5 Å². The number of hydrogen-bond donors (Lipinski definition) is 1. The van der Waals surface area contributed by atoms with Gasteiger partial charge < -0.3 is 13.9 Å². The highest BCUT2D eigenvalue weighted by Crippen LogP contribution is 2.29.